The van der Waals surface area contributed by atoms with Crippen LogP contribution in [0.1, 0.15) is 47.9 Å². The molecule has 0 bridgehead atoms. The van der Waals surface area contributed by atoms with E-state index in [1.54, 1.807) is 10.7 Å². The summed E-state index contributed by atoms with van der Waals surface area (Å²) in [6.45, 7) is 3.61. The zero-order valence-corrected chi connectivity index (χ0v) is 13.8. The topological polar surface area (TPSA) is 64.2 Å². The van der Waals surface area contributed by atoms with Gasteiger partial charge in [-0.05, 0) is 31.7 Å². The fraction of sp³-hybridized carbons (Fsp3) is 0.611. The van der Waals surface area contributed by atoms with E-state index in [9.17, 15) is 4.79 Å². The Hall–Kier alpha value is -1.95. The van der Waals surface area contributed by atoms with Crippen molar-refractivity contribution in [1.82, 2.24) is 19.8 Å². The first-order valence-corrected chi connectivity index (χ1v) is 9.03. The molecule has 0 unspecified atom stereocenters. The van der Waals surface area contributed by atoms with Gasteiger partial charge >= 0.3 is 0 Å². The first-order valence-electron chi connectivity index (χ1n) is 9.03. The van der Waals surface area contributed by atoms with E-state index in [1.807, 2.05) is 6.07 Å². The minimum Gasteiger partial charge on any atom is -0.361 e. The monoisotopic (exact) mass is 326 g/mol. The molecular formula is C18H22N4O2. The highest BCUT2D eigenvalue weighted by Crippen LogP contribution is 2.38. The number of fused-ring (bicyclic) bond motifs is 1. The number of rotatable bonds is 5. The van der Waals surface area contributed by atoms with Crippen molar-refractivity contribution in [3.63, 3.8) is 0 Å². The normalized spacial score (nSPS) is 21.0. The molecule has 1 aliphatic heterocycles. The molecule has 2 aromatic rings. The molecule has 0 spiro atoms. The van der Waals surface area contributed by atoms with Crippen LogP contribution in [0.15, 0.2) is 21.5 Å². The molecule has 3 heterocycles. The Kier molecular flexibility index (Phi) is 3.33. The molecule has 3 aliphatic rings. The second-order valence-electron chi connectivity index (χ2n) is 7.50. The van der Waals surface area contributed by atoms with Gasteiger partial charge in [0.25, 0.3) is 5.56 Å². The predicted molar refractivity (Wildman–Crippen MR) is 87.8 cm³/mol. The van der Waals surface area contributed by atoms with E-state index in [-0.39, 0.29) is 5.56 Å². The van der Waals surface area contributed by atoms with Gasteiger partial charge in [-0.2, -0.15) is 5.10 Å². The fourth-order valence-corrected chi connectivity index (χ4v) is 3.98. The van der Waals surface area contributed by atoms with Crippen LogP contribution in [-0.4, -0.2) is 32.9 Å². The number of nitrogens with zero attached hydrogens (tertiary/aromatic N) is 4. The maximum atomic E-state index is 12.0. The first kappa shape index (κ1) is 14.4. The SMILES string of the molecule is O=c1ccc(C2CC2)nn1CC1CN(Cc2noc3c2CCC3)C1. The summed E-state index contributed by atoms with van der Waals surface area (Å²) in [7, 11) is 0. The van der Waals surface area contributed by atoms with Crippen LogP contribution in [0.5, 0.6) is 0 Å². The van der Waals surface area contributed by atoms with Gasteiger partial charge in [-0.1, -0.05) is 5.16 Å². The summed E-state index contributed by atoms with van der Waals surface area (Å²) < 4.78 is 7.09. The van der Waals surface area contributed by atoms with E-state index in [2.05, 4.69) is 15.2 Å². The molecule has 6 nitrogen and oxygen atoms in total. The minimum absolute atomic E-state index is 0.0205. The van der Waals surface area contributed by atoms with Crippen LogP contribution in [0.25, 0.3) is 0 Å². The lowest BCUT2D eigenvalue weighted by atomic mass is 9.99. The molecule has 0 atom stereocenters. The molecule has 2 aromatic heterocycles. The number of aryl methyl sites for hydroxylation is 1. The van der Waals surface area contributed by atoms with Crippen molar-refractivity contribution >= 4 is 0 Å². The predicted octanol–water partition coefficient (Wildman–Crippen LogP) is 1.73. The summed E-state index contributed by atoms with van der Waals surface area (Å²) in [4.78, 5) is 14.4. The smallest absolute Gasteiger partial charge is 0.266 e. The maximum Gasteiger partial charge on any atom is 0.266 e. The van der Waals surface area contributed by atoms with E-state index < -0.39 is 0 Å². The summed E-state index contributed by atoms with van der Waals surface area (Å²) in [6, 6.07) is 3.57. The molecule has 1 saturated heterocycles. The third-order valence-corrected chi connectivity index (χ3v) is 5.50. The summed E-state index contributed by atoms with van der Waals surface area (Å²) in [5.41, 5.74) is 3.57. The third kappa shape index (κ3) is 2.59. The van der Waals surface area contributed by atoms with E-state index in [0.29, 0.717) is 11.8 Å². The second kappa shape index (κ2) is 5.55. The van der Waals surface area contributed by atoms with Crippen LogP contribution in [0, 0.1) is 5.92 Å². The zero-order valence-electron chi connectivity index (χ0n) is 13.8. The Morgan fingerprint density at radius 1 is 1.21 bits per heavy atom. The third-order valence-electron chi connectivity index (χ3n) is 5.50. The van der Waals surface area contributed by atoms with E-state index in [4.69, 9.17) is 4.52 Å². The van der Waals surface area contributed by atoms with Crippen molar-refractivity contribution in [2.45, 2.75) is 51.1 Å². The fourth-order valence-electron chi connectivity index (χ4n) is 3.98. The molecule has 5 rings (SSSR count). The van der Waals surface area contributed by atoms with Crippen LogP contribution in [-0.2, 0) is 25.9 Å². The highest BCUT2D eigenvalue weighted by Gasteiger charge is 2.31. The van der Waals surface area contributed by atoms with Crippen LogP contribution in [0.2, 0.25) is 0 Å². The van der Waals surface area contributed by atoms with Crippen molar-refractivity contribution in [1.29, 1.82) is 0 Å². The number of likely N-dealkylation sites (tertiary alicyclic amines) is 1. The summed E-state index contributed by atoms with van der Waals surface area (Å²) in [5.74, 6) is 2.18. The van der Waals surface area contributed by atoms with Crippen LogP contribution in [0.3, 0.4) is 0 Å². The second-order valence-corrected chi connectivity index (χ2v) is 7.50. The molecule has 2 aliphatic carbocycles. The van der Waals surface area contributed by atoms with Crippen molar-refractivity contribution in [2.24, 2.45) is 5.92 Å². The molecule has 0 amide bonds. The van der Waals surface area contributed by atoms with Crippen LogP contribution in [0.4, 0.5) is 0 Å². The highest BCUT2D eigenvalue weighted by molar-refractivity contribution is 5.27. The van der Waals surface area contributed by atoms with Gasteiger partial charge in [0.15, 0.2) is 0 Å². The average Bonchev–Trinajstić information content (AvgIpc) is 3.16. The molecule has 0 N–H and O–H groups in total. The van der Waals surface area contributed by atoms with Gasteiger partial charge in [0.2, 0.25) is 0 Å². The standard InChI is InChI=1S/C18H22N4O2/c23-18-7-6-15(13-4-5-13)19-22(18)10-12-8-21(9-12)11-16-14-2-1-3-17(14)24-20-16/h6-7,12-13H,1-5,8-11H2. The molecule has 2 fully saturated rings. The summed E-state index contributed by atoms with van der Waals surface area (Å²) in [6.07, 6.45) is 5.77. The Morgan fingerprint density at radius 2 is 2.08 bits per heavy atom. The molecule has 24 heavy (non-hydrogen) atoms. The lowest BCUT2D eigenvalue weighted by Crippen LogP contribution is -2.49. The Morgan fingerprint density at radius 3 is 2.92 bits per heavy atom. The van der Waals surface area contributed by atoms with Gasteiger partial charge in [-0.3, -0.25) is 9.69 Å². The number of hydrogen-bond acceptors (Lipinski definition) is 5. The van der Waals surface area contributed by atoms with E-state index in [1.165, 1.54) is 24.8 Å². The van der Waals surface area contributed by atoms with Crippen molar-refractivity contribution in [2.75, 3.05) is 13.1 Å². The number of hydrogen-bond donors (Lipinski definition) is 0. The molecule has 0 aromatic carbocycles. The van der Waals surface area contributed by atoms with Crippen molar-refractivity contribution in [3.05, 3.63) is 45.2 Å². The summed E-state index contributed by atoms with van der Waals surface area (Å²) >= 11 is 0. The van der Waals surface area contributed by atoms with Crippen molar-refractivity contribution in [3.8, 4) is 0 Å². The van der Waals surface area contributed by atoms with Crippen LogP contribution >= 0.6 is 0 Å². The van der Waals surface area contributed by atoms with Gasteiger partial charge < -0.3 is 4.52 Å². The van der Waals surface area contributed by atoms with Crippen molar-refractivity contribution < 1.29 is 4.52 Å². The Balaban J connectivity index is 1.20. The molecule has 6 heteroatoms. The lowest BCUT2D eigenvalue weighted by Gasteiger charge is -2.38. The van der Waals surface area contributed by atoms with E-state index in [0.717, 1.165) is 56.2 Å². The largest absolute Gasteiger partial charge is 0.361 e. The Bertz CT molecular complexity index is 815. The minimum atomic E-state index is 0.0205. The van der Waals surface area contributed by atoms with E-state index >= 15 is 0 Å². The molecule has 0 radical (unpaired) electrons. The van der Waals surface area contributed by atoms with Gasteiger partial charge in [0, 0.05) is 49.5 Å². The van der Waals surface area contributed by atoms with Crippen LogP contribution < -0.4 is 5.56 Å². The Labute approximate surface area is 140 Å². The molecule has 126 valence electrons. The first-order chi connectivity index (χ1) is 11.8. The highest BCUT2D eigenvalue weighted by atomic mass is 16.5. The van der Waals surface area contributed by atoms with Gasteiger partial charge in [-0.25, -0.2) is 4.68 Å². The van der Waals surface area contributed by atoms with Gasteiger partial charge in [0.05, 0.1) is 12.2 Å². The van der Waals surface area contributed by atoms with Gasteiger partial charge in [0.1, 0.15) is 11.5 Å². The quantitative estimate of drug-likeness (QED) is 0.837. The molecule has 1 saturated carbocycles. The average molecular weight is 326 g/mol. The summed E-state index contributed by atoms with van der Waals surface area (Å²) in [5, 5.41) is 8.80. The zero-order chi connectivity index (χ0) is 16.1. The maximum absolute atomic E-state index is 12.0. The molecular weight excluding hydrogens is 304 g/mol. The van der Waals surface area contributed by atoms with Gasteiger partial charge in [-0.15, -0.1) is 0 Å². The number of aromatic nitrogens is 3. The lowest BCUT2D eigenvalue weighted by molar-refractivity contribution is 0.0739.